The van der Waals surface area contributed by atoms with Crippen LogP contribution in [-0.2, 0) is 9.53 Å². The molecule has 2 N–H and O–H groups in total. The van der Waals surface area contributed by atoms with Crippen molar-refractivity contribution in [1.82, 2.24) is 5.32 Å². The van der Waals surface area contributed by atoms with Crippen LogP contribution in [0.2, 0.25) is 5.02 Å². The summed E-state index contributed by atoms with van der Waals surface area (Å²) in [6, 6.07) is 4.13. The smallest absolute Gasteiger partial charge is 0.238 e. The summed E-state index contributed by atoms with van der Waals surface area (Å²) in [4.78, 5) is 11.8. The number of nitrogens with one attached hydrogen (secondary N) is 2. The summed E-state index contributed by atoms with van der Waals surface area (Å²) in [6.07, 6.45) is 2.20. The van der Waals surface area contributed by atoms with E-state index >= 15 is 0 Å². The van der Waals surface area contributed by atoms with Gasteiger partial charge < -0.3 is 15.4 Å². The highest BCUT2D eigenvalue weighted by Crippen LogP contribution is 2.19. The average molecular weight is 301 g/mol. The van der Waals surface area contributed by atoms with Gasteiger partial charge in [0.05, 0.1) is 18.3 Å². The van der Waals surface area contributed by atoms with Gasteiger partial charge >= 0.3 is 0 Å². The lowest BCUT2D eigenvalue weighted by molar-refractivity contribution is -0.115. The highest BCUT2D eigenvalue weighted by Gasteiger charge is 2.22. The molecule has 1 fully saturated rings. The van der Waals surface area contributed by atoms with Gasteiger partial charge in [-0.3, -0.25) is 4.79 Å². The second-order valence-electron chi connectivity index (χ2n) is 4.89. The minimum Gasteiger partial charge on any atom is -0.377 e. The molecule has 1 aliphatic rings. The molecule has 110 valence electrons. The molecule has 0 bridgehead atoms. The first-order chi connectivity index (χ1) is 9.56. The van der Waals surface area contributed by atoms with Crippen LogP contribution in [0.3, 0.4) is 0 Å². The van der Waals surface area contributed by atoms with E-state index in [0.29, 0.717) is 5.02 Å². The normalized spacial score (nSPS) is 19.9. The Labute approximate surface area is 122 Å². The van der Waals surface area contributed by atoms with Crippen molar-refractivity contribution in [1.29, 1.82) is 0 Å². The molecule has 0 unspecified atom stereocenters. The monoisotopic (exact) mass is 300 g/mol. The Kier molecular flexibility index (Phi) is 5.34. The largest absolute Gasteiger partial charge is 0.377 e. The summed E-state index contributed by atoms with van der Waals surface area (Å²) >= 11 is 5.76. The zero-order valence-electron chi connectivity index (χ0n) is 11.3. The van der Waals surface area contributed by atoms with E-state index in [1.807, 2.05) is 6.92 Å². The maximum Gasteiger partial charge on any atom is 0.238 e. The number of halogens is 2. The predicted octanol–water partition coefficient (Wildman–Crippen LogP) is 2.57. The lowest BCUT2D eigenvalue weighted by Gasteiger charge is -2.19. The molecule has 1 aromatic rings. The third-order valence-electron chi connectivity index (χ3n) is 3.31. The van der Waals surface area contributed by atoms with E-state index in [-0.39, 0.29) is 30.3 Å². The molecule has 1 amide bonds. The zero-order chi connectivity index (χ0) is 14.5. The molecule has 1 aromatic carbocycles. The van der Waals surface area contributed by atoms with Gasteiger partial charge in [0.15, 0.2) is 0 Å². The summed E-state index contributed by atoms with van der Waals surface area (Å²) in [5.41, 5.74) is 0.0917. The minimum atomic E-state index is -0.505. The van der Waals surface area contributed by atoms with Crippen LogP contribution in [0, 0.1) is 5.82 Å². The fourth-order valence-electron chi connectivity index (χ4n) is 2.17. The lowest BCUT2D eigenvalue weighted by Crippen LogP contribution is -2.41. The van der Waals surface area contributed by atoms with E-state index in [2.05, 4.69) is 10.6 Å². The Bertz CT molecular complexity index is 478. The van der Waals surface area contributed by atoms with Crippen LogP contribution in [0.25, 0.3) is 0 Å². The molecular formula is C14H18ClFN2O2. The molecule has 0 aromatic heterocycles. The first-order valence-corrected chi connectivity index (χ1v) is 7.04. The molecule has 1 aliphatic heterocycles. The van der Waals surface area contributed by atoms with Gasteiger partial charge in [0.1, 0.15) is 5.82 Å². The average Bonchev–Trinajstić information content (AvgIpc) is 2.94. The molecule has 0 saturated carbocycles. The molecule has 0 spiro atoms. The Morgan fingerprint density at radius 1 is 1.60 bits per heavy atom. The van der Waals surface area contributed by atoms with Crippen molar-refractivity contribution in [2.45, 2.75) is 31.9 Å². The quantitative estimate of drug-likeness (QED) is 0.879. The molecule has 0 aliphatic carbocycles. The van der Waals surface area contributed by atoms with Crippen molar-refractivity contribution < 1.29 is 13.9 Å². The Hall–Kier alpha value is -1.17. The van der Waals surface area contributed by atoms with Gasteiger partial charge in [-0.25, -0.2) is 4.39 Å². The van der Waals surface area contributed by atoms with Gasteiger partial charge in [0, 0.05) is 17.7 Å². The van der Waals surface area contributed by atoms with E-state index in [1.165, 1.54) is 18.2 Å². The van der Waals surface area contributed by atoms with Crippen molar-refractivity contribution in [3.05, 3.63) is 29.0 Å². The summed E-state index contributed by atoms with van der Waals surface area (Å²) in [5, 5.41) is 5.96. The molecule has 2 rings (SSSR count). The van der Waals surface area contributed by atoms with Gasteiger partial charge in [0.25, 0.3) is 0 Å². The maximum absolute atomic E-state index is 13.5. The van der Waals surface area contributed by atoms with Crippen molar-refractivity contribution in [2.24, 2.45) is 0 Å². The first-order valence-electron chi connectivity index (χ1n) is 6.66. The first kappa shape index (κ1) is 15.2. The topological polar surface area (TPSA) is 50.4 Å². The molecule has 20 heavy (non-hydrogen) atoms. The molecule has 2 atom stereocenters. The van der Waals surface area contributed by atoms with Gasteiger partial charge in [-0.1, -0.05) is 11.6 Å². The number of hydrogen-bond donors (Lipinski definition) is 2. The molecule has 4 nitrogen and oxygen atoms in total. The maximum atomic E-state index is 13.5. The lowest BCUT2D eigenvalue weighted by atomic mass is 10.1. The van der Waals surface area contributed by atoms with Crippen molar-refractivity contribution in [3.8, 4) is 0 Å². The Morgan fingerprint density at radius 3 is 3.10 bits per heavy atom. The summed E-state index contributed by atoms with van der Waals surface area (Å²) in [5.74, 6) is -0.814. The number of benzene rings is 1. The van der Waals surface area contributed by atoms with Crippen LogP contribution in [0.1, 0.15) is 19.8 Å². The number of rotatable bonds is 5. The van der Waals surface area contributed by atoms with Crippen LogP contribution in [-0.4, -0.2) is 31.2 Å². The number of ether oxygens (including phenoxy) is 1. The van der Waals surface area contributed by atoms with Crippen molar-refractivity contribution >= 4 is 23.2 Å². The predicted molar refractivity (Wildman–Crippen MR) is 76.5 cm³/mol. The third-order valence-corrected chi connectivity index (χ3v) is 3.54. The number of amides is 1. The van der Waals surface area contributed by atoms with E-state index in [9.17, 15) is 9.18 Å². The summed E-state index contributed by atoms with van der Waals surface area (Å²) in [6.45, 7) is 2.85. The minimum absolute atomic E-state index is 0.0902. The van der Waals surface area contributed by atoms with Crippen molar-refractivity contribution in [2.75, 3.05) is 18.5 Å². The third kappa shape index (κ3) is 4.16. The highest BCUT2D eigenvalue weighted by atomic mass is 35.5. The van der Waals surface area contributed by atoms with Crippen LogP contribution < -0.4 is 10.6 Å². The van der Waals surface area contributed by atoms with Crippen LogP contribution >= 0.6 is 11.6 Å². The number of carbonyl (C=O) groups excluding carboxylic acids is 1. The van der Waals surface area contributed by atoms with Crippen molar-refractivity contribution in [3.63, 3.8) is 0 Å². The second kappa shape index (κ2) is 7.02. The van der Waals surface area contributed by atoms with Gasteiger partial charge in [-0.05, 0) is 38.0 Å². The summed E-state index contributed by atoms with van der Waals surface area (Å²) < 4.78 is 19.0. The molecule has 1 saturated heterocycles. The van der Waals surface area contributed by atoms with E-state index in [4.69, 9.17) is 16.3 Å². The summed E-state index contributed by atoms with van der Waals surface area (Å²) in [7, 11) is 0. The molecule has 6 heteroatoms. The molecular weight excluding hydrogens is 283 g/mol. The zero-order valence-corrected chi connectivity index (χ0v) is 12.0. The SMILES string of the molecule is C[C@@H](NCC(=O)Nc1cc(Cl)ccc1F)[C@H]1CCCO1. The number of carbonyl (C=O) groups is 1. The second-order valence-corrected chi connectivity index (χ2v) is 5.33. The fourth-order valence-corrected chi connectivity index (χ4v) is 2.34. The molecule has 0 radical (unpaired) electrons. The van der Waals surface area contributed by atoms with Gasteiger partial charge in [-0.15, -0.1) is 0 Å². The number of hydrogen-bond acceptors (Lipinski definition) is 3. The van der Waals surface area contributed by atoms with E-state index in [1.54, 1.807) is 0 Å². The van der Waals surface area contributed by atoms with Crippen LogP contribution in [0.4, 0.5) is 10.1 Å². The highest BCUT2D eigenvalue weighted by molar-refractivity contribution is 6.30. The van der Waals surface area contributed by atoms with Crippen LogP contribution in [0.15, 0.2) is 18.2 Å². The van der Waals surface area contributed by atoms with Gasteiger partial charge in [-0.2, -0.15) is 0 Å². The standard InChI is InChI=1S/C14H18ClFN2O2/c1-9(13-3-2-6-20-13)17-8-14(19)18-12-7-10(15)4-5-11(12)16/h4-5,7,9,13,17H,2-3,6,8H2,1H3,(H,18,19)/t9-,13-/m1/s1. The fraction of sp³-hybridized carbons (Fsp3) is 0.500. The Balaban J connectivity index is 1.81. The van der Waals surface area contributed by atoms with Gasteiger partial charge in [0.2, 0.25) is 5.91 Å². The number of anilines is 1. The van der Waals surface area contributed by atoms with E-state index < -0.39 is 5.82 Å². The van der Waals surface area contributed by atoms with Crippen LogP contribution in [0.5, 0.6) is 0 Å². The molecule has 1 heterocycles. The van der Waals surface area contributed by atoms with E-state index in [0.717, 1.165) is 19.4 Å². The Morgan fingerprint density at radius 2 is 2.40 bits per heavy atom.